The van der Waals surface area contributed by atoms with E-state index in [1.165, 1.54) is 11.6 Å². The summed E-state index contributed by atoms with van der Waals surface area (Å²) >= 11 is 5.09. The molecule has 2 aromatic heterocycles. The van der Waals surface area contributed by atoms with Gasteiger partial charge in [0.15, 0.2) is 0 Å². The highest BCUT2D eigenvalue weighted by atomic mass is 79.9. The minimum absolute atomic E-state index is 0.0317. The maximum Gasteiger partial charge on any atom is 0.433 e. The summed E-state index contributed by atoms with van der Waals surface area (Å²) < 4.78 is 5.11. The van der Waals surface area contributed by atoms with Gasteiger partial charge in [0.1, 0.15) is 10.7 Å². The molecular weight excluding hydrogens is 294 g/mol. The van der Waals surface area contributed by atoms with Gasteiger partial charge >= 0.3 is 5.88 Å². The first-order valence-electron chi connectivity index (χ1n) is 4.56. The van der Waals surface area contributed by atoms with Crippen molar-refractivity contribution in [2.75, 3.05) is 0 Å². The molecule has 0 bridgehead atoms. The first-order valence-corrected chi connectivity index (χ1v) is 6.42. The number of nitrogens with zero attached hydrogens (tertiary/aromatic N) is 1. The summed E-state index contributed by atoms with van der Waals surface area (Å²) in [4.78, 5) is 9.89. The average Bonchev–Trinajstić information content (AvgIpc) is 2.86. The molecule has 0 aliphatic heterocycles. The number of halogens is 1. The van der Waals surface area contributed by atoms with Crippen LogP contribution in [-0.4, -0.2) is 4.92 Å². The van der Waals surface area contributed by atoms with Crippen LogP contribution < -0.4 is 0 Å². The molecule has 0 fully saturated rings. The molecule has 1 atom stereocenters. The van der Waals surface area contributed by atoms with E-state index in [0.29, 0.717) is 5.76 Å². The normalized spacial score (nSPS) is 12.6. The summed E-state index contributed by atoms with van der Waals surface area (Å²) in [6.45, 7) is 0. The lowest BCUT2D eigenvalue weighted by molar-refractivity contribution is -0.402. The fraction of sp³-hybridized carbons (Fsp3) is 0.200. The Labute approximate surface area is 104 Å². The number of alkyl halides is 1. The first-order chi connectivity index (χ1) is 7.66. The molecule has 0 amide bonds. The van der Waals surface area contributed by atoms with E-state index in [9.17, 15) is 10.1 Å². The maximum absolute atomic E-state index is 10.5. The van der Waals surface area contributed by atoms with Gasteiger partial charge in [-0.15, -0.1) is 0 Å². The smallest absolute Gasteiger partial charge is 0.405 e. The Kier molecular flexibility index (Phi) is 3.40. The zero-order chi connectivity index (χ0) is 11.5. The number of thiophene rings is 1. The summed E-state index contributed by atoms with van der Waals surface area (Å²) in [6, 6.07) is 5.03. The van der Waals surface area contributed by atoms with Crippen molar-refractivity contribution in [2.24, 2.45) is 0 Å². The van der Waals surface area contributed by atoms with Gasteiger partial charge in [0.2, 0.25) is 0 Å². The van der Waals surface area contributed by atoms with E-state index in [1.807, 2.05) is 16.8 Å². The number of hydrogen-bond acceptors (Lipinski definition) is 4. The van der Waals surface area contributed by atoms with Gasteiger partial charge in [-0.25, -0.2) is 0 Å². The molecule has 0 saturated carbocycles. The number of rotatable bonds is 4. The van der Waals surface area contributed by atoms with Crippen LogP contribution in [0.2, 0.25) is 0 Å². The first kappa shape index (κ1) is 11.3. The Balaban J connectivity index is 2.08. The van der Waals surface area contributed by atoms with Gasteiger partial charge < -0.3 is 4.42 Å². The van der Waals surface area contributed by atoms with E-state index < -0.39 is 4.92 Å². The van der Waals surface area contributed by atoms with Gasteiger partial charge in [0.25, 0.3) is 0 Å². The van der Waals surface area contributed by atoms with Crippen molar-refractivity contribution in [1.82, 2.24) is 0 Å². The third-order valence-electron chi connectivity index (χ3n) is 2.10. The number of furan rings is 1. The average molecular weight is 302 g/mol. The largest absolute Gasteiger partial charge is 0.433 e. The predicted octanol–water partition coefficient (Wildman–Crippen LogP) is 3.93. The van der Waals surface area contributed by atoms with Crippen LogP contribution in [0.15, 0.2) is 33.4 Å². The Hall–Kier alpha value is -1.14. The van der Waals surface area contributed by atoms with Crippen LogP contribution in [-0.2, 0) is 6.42 Å². The Bertz CT molecular complexity index is 480. The lowest BCUT2D eigenvalue weighted by Crippen LogP contribution is -1.92. The molecule has 0 saturated heterocycles. The van der Waals surface area contributed by atoms with Crippen molar-refractivity contribution in [3.63, 3.8) is 0 Å². The van der Waals surface area contributed by atoms with Gasteiger partial charge in [0, 0.05) is 0 Å². The molecule has 6 heteroatoms. The topological polar surface area (TPSA) is 56.3 Å². The van der Waals surface area contributed by atoms with Crippen LogP contribution in [0, 0.1) is 10.1 Å². The van der Waals surface area contributed by atoms with E-state index in [1.54, 1.807) is 17.4 Å². The van der Waals surface area contributed by atoms with Gasteiger partial charge in [-0.1, -0.05) is 15.9 Å². The van der Waals surface area contributed by atoms with Crippen LogP contribution in [0.3, 0.4) is 0 Å². The highest BCUT2D eigenvalue weighted by Crippen LogP contribution is 2.31. The molecule has 0 aliphatic rings. The lowest BCUT2D eigenvalue weighted by Gasteiger charge is -2.03. The second-order valence-corrected chi connectivity index (χ2v) is 5.12. The van der Waals surface area contributed by atoms with Crippen molar-refractivity contribution in [2.45, 2.75) is 11.2 Å². The van der Waals surface area contributed by atoms with Crippen LogP contribution >= 0.6 is 27.3 Å². The van der Waals surface area contributed by atoms with Crippen molar-refractivity contribution in [3.8, 4) is 0 Å². The van der Waals surface area contributed by atoms with Crippen molar-refractivity contribution in [1.29, 1.82) is 0 Å². The zero-order valence-electron chi connectivity index (χ0n) is 8.13. The fourth-order valence-corrected chi connectivity index (χ4v) is 2.63. The third kappa shape index (κ3) is 2.51. The van der Waals surface area contributed by atoms with Crippen molar-refractivity contribution in [3.05, 3.63) is 50.4 Å². The standard InChI is InChI=1S/C10H8BrNO3S/c11-8(5-7-3-4-16-6-7)9-1-2-10(15-9)12(13)14/h1-4,6,8H,5H2. The van der Waals surface area contributed by atoms with Crippen LogP contribution in [0.5, 0.6) is 0 Å². The summed E-state index contributed by atoms with van der Waals surface area (Å²) in [5.41, 5.74) is 1.19. The molecule has 2 rings (SSSR count). The van der Waals surface area contributed by atoms with Crippen LogP contribution in [0.4, 0.5) is 5.88 Å². The van der Waals surface area contributed by atoms with Gasteiger partial charge in [-0.3, -0.25) is 10.1 Å². The van der Waals surface area contributed by atoms with Crippen LogP contribution in [0.1, 0.15) is 16.2 Å². The molecule has 4 nitrogen and oxygen atoms in total. The van der Waals surface area contributed by atoms with E-state index in [4.69, 9.17) is 4.42 Å². The van der Waals surface area contributed by atoms with Gasteiger partial charge in [-0.05, 0) is 34.9 Å². The summed E-state index contributed by atoms with van der Waals surface area (Å²) in [5, 5.41) is 14.5. The summed E-state index contributed by atoms with van der Waals surface area (Å²) in [7, 11) is 0. The monoisotopic (exact) mass is 301 g/mol. The molecular formula is C10H8BrNO3S. The molecule has 2 heterocycles. The van der Waals surface area contributed by atoms with Crippen LogP contribution in [0.25, 0.3) is 0 Å². The number of hydrogen-bond donors (Lipinski definition) is 0. The van der Waals surface area contributed by atoms with Gasteiger partial charge in [-0.2, -0.15) is 11.3 Å². The van der Waals surface area contributed by atoms with E-state index in [2.05, 4.69) is 15.9 Å². The highest BCUT2D eigenvalue weighted by molar-refractivity contribution is 9.09. The summed E-state index contributed by atoms with van der Waals surface area (Å²) in [6.07, 6.45) is 0.758. The number of nitro groups is 1. The maximum atomic E-state index is 10.5. The lowest BCUT2D eigenvalue weighted by atomic mass is 10.1. The fourth-order valence-electron chi connectivity index (χ4n) is 1.33. The van der Waals surface area contributed by atoms with E-state index in [0.717, 1.165) is 6.42 Å². The molecule has 84 valence electrons. The second kappa shape index (κ2) is 4.80. The second-order valence-electron chi connectivity index (χ2n) is 3.24. The third-order valence-corrected chi connectivity index (χ3v) is 3.60. The Morgan fingerprint density at radius 3 is 2.88 bits per heavy atom. The molecule has 0 aromatic carbocycles. The highest BCUT2D eigenvalue weighted by Gasteiger charge is 2.17. The molecule has 0 radical (unpaired) electrons. The molecule has 0 aliphatic carbocycles. The van der Waals surface area contributed by atoms with E-state index >= 15 is 0 Å². The predicted molar refractivity (Wildman–Crippen MR) is 65.1 cm³/mol. The molecule has 1 unspecified atom stereocenters. The van der Waals surface area contributed by atoms with E-state index in [-0.39, 0.29) is 10.7 Å². The van der Waals surface area contributed by atoms with Gasteiger partial charge in [0.05, 0.1) is 10.9 Å². The van der Waals surface area contributed by atoms with Crippen molar-refractivity contribution >= 4 is 33.2 Å². The minimum Gasteiger partial charge on any atom is -0.405 e. The molecule has 2 aromatic rings. The quantitative estimate of drug-likeness (QED) is 0.488. The molecule has 0 N–H and O–H groups in total. The zero-order valence-corrected chi connectivity index (χ0v) is 10.5. The molecule has 0 spiro atoms. The minimum atomic E-state index is -0.534. The molecule has 16 heavy (non-hydrogen) atoms. The van der Waals surface area contributed by atoms with Crippen molar-refractivity contribution < 1.29 is 9.34 Å². The summed E-state index contributed by atoms with van der Waals surface area (Å²) in [5.74, 6) is 0.364. The SMILES string of the molecule is O=[N+]([O-])c1ccc(C(Br)Cc2ccsc2)o1. The Morgan fingerprint density at radius 1 is 1.50 bits per heavy atom. The Morgan fingerprint density at radius 2 is 2.31 bits per heavy atom.